The third-order valence-corrected chi connectivity index (χ3v) is 2.76. The molecule has 22 heavy (non-hydrogen) atoms. The van der Waals surface area contributed by atoms with Gasteiger partial charge in [-0.3, -0.25) is 19.5 Å². The lowest BCUT2D eigenvalue weighted by Crippen LogP contribution is -2.20. The van der Waals surface area contributed by atoms with Crippen LogP contribution in [0, 0.1) is 10.1 Å². The van der Waals surface area contributed by atoms with E-state index in [2.05, 4.69) is 4.74 Å². The van der Waals surface area contributed by atoms with Gasteiger partial charge >= 0.3 is 6.61 Å². The maximum atomic E-state index is 12.5. The van der Waals surface area contributed by atoms with E-state index >= 15 is 0 Å². The first kappa shape index (κ1) is 15.4. The average Bonchev–Trinajstić information content (AvgIpc) is 2.47. The third-order valence-electron chi connectivity index (χ3n) is 2.76. The Hall–Kier alpha value is -2.97. The molecule has 9 heteroatoms. The van der Waals surface area contributed by atoms with E-state index in [1.807, 2.05) is 0 Å². The van der Waals surface area contributed by atoms with Crippen LogP contribution in [0.3, 0.4) is 0 Å². The van der Waals surface area contributed by atoms with Crippen LogP contribution in [-0.2, 0) is 0 Å². The molecule has 1 aromatic heterocycles. The molecule has 2 rings (SSSR count). The lowest BCUT2D eigenvalue weighted by molar-refractivity contribution is -0.385. The number of hydrogen-bond donors (Lipinski definition) is 0. The zero-order valence-electron chi connectivity index (χ0n) is 11.2. The fourth-order valence-electron chi connectivity index (χ4n) is 1.83. The highest BCUT2D eigenvalue weighted by Crippen LogP contribution is 2.28. The zero-order chi connectivity index (χ0) is 16.3. The number of methoxy groups -OCH3 is 1. The van der Waals surface area contributed by atoms with Gasteiger partial charge in [0.05, 0.1) is 23.8 Å². The van der Waals surface area contributed by atoms with Crippen molar-refractivity contribution in [2.24, 2.45) is 0 Å². The molecule has 0 bridgehead atoms. The molecule has 0 atom stereocenters. The maximum Gasteiger partial charge on any atom is 0.387 e. The summed E-state index contributed by atoms with van der Waals surface area (Å²) in [7, 11) is 1.29. The summed E-state index contributed by atoms with van der Waals surface area (Å²) in [5.41, 5.74) is -1.11. The van der Waals surface area contributed by atoms with Crippen molar-refractivity contribution in [3.8, 4) is 17.2 Å². The minimum Gasteiger partial charge on any atom is -0.491 e. The largest absolute Gasteiger partial charge is 0.491 e. The van der Waals surface area contributed by atoms with Crippen LogP contribution in [0.5, 0.6) is 11.5 Å². The molecule has 0 aliphatic carbocycles. The molecule has 0 saturated carbocycles. The molecule has 2 aromatic rings. The predicted molar refractivity (Wildman–Crippen MR) is 71.9 cm³/mol. The van der Waals surface area contributed by atoms with Crippen molar-refractivity contribution in [1.29, 1.82) is 0 Å². The smallest absolute Gasteiger partial charge is 0.387 e. The van der Waals surface area contributed by atoms with Crippen LogP contribution in [0.25, 0.3) is 5.69 Å². The van der Waals surface area contributed by atoms with E-state index in [-0.39, 0.29) is 11.4 Å². The molecular weight excluding hydrogens is 302 g/mol. The number of hydrogen-bond acceptors (Lipinski definition) is 5. The third kappa shape index (κ3) is 3.03. The summed E-state index contributed by atoms with van der Waals surface area (Å²) in [5, 5.41) is 10.7. The van der Waals surface area contributed by atoms with Crippen LogP contribution < -0.4 is 15.0 Å². The van der Waals surface area contributed by atoms with Crippen LogP contribution in [-0.4, -0.2) is 23.2 Å². The molecule has 1 aromatic carbocycles. The van der Waals surface area contributed by atoms with Crippen molar-refractivity contribution in [2.75, 3.05) is 7.11 Å². The summed E-state index contributed by atoms with van der Waals surface area (Å²) >= 11 is 0. The predicted octanol–water partition coefficient (Wildman–Crippen LogP) is 2.36. The Morgan fingerprint density at radius 3 is 2.59 bits per heavy atom. The molecule has 0 aliphatic rings. The van der Waals surface area contributed by atoms with Gasteiger partial charge in [0.2, 0.25) is 0 Å². The minimum atomic E-state index is -3.19. The monoisotopic (exact) mass is 312 g/mol. The number of nitro benzene ring substituents is 1. The Bertz CT molecular complexity index is 760. The van der Waals surface area contributed by atoms with Crippen molar-refractivity contribution in [2.45, 2.75) is 6.61 Å². The number of ether oxygens (including phenoxy) is 2. The molecule has 0 saturated heterocycles. The molecule has 0 fully saturated rings. The number of nitro groups is 1. The summed E-state index contributed by atoms with van der Waals surface area (Å²) < 4.78 is 35.1. The highest BCUT2D eigenvalue weighted by atomic mass is 19.3. The summed E-state index contributed by atoms with van der Waals surface area (Å²) in [6.07, 6.45) is 1.31. The van der Waals surface area contributed by atoms with Gasteiger partial charge in [-0.25, -0.2) is 0 Å². The van der Waals surface area contributed by atoms with Crippen LogP contribution in [0.2, 0.25) is 0 Å². The first-order valence-corrected chi connectivity index (χ1v) is 5.93. The van der Waals surface area contributed by atoms with E-state index in [1.54, 1.807) is 0 Å². The topological polar surface area (TPSA) is 83.6 Å². The average molecular weight is 312 g/mol. The zero-order valence-corrected chi connectivity index (χ0v) is 11.2. The van der Waals surface area contributed by atoms with Crippen LogP contribution in [0.1, 0.15) is 0 Å². The molecule has 0 aliphatic heterocycles. The van der Waals surface area contributed by atoms with Gasteiger partial charge < -0.3 is 9.47 Å². The van der Waals surface area contributed by atoms with Crippen molar-refractivity contribution in [1.82, 2.24) is 4.57 Å². The standard InChI is InChI=1S/C13H10F2N2O5/c1-21-10-3-2-6-16(12(10)18)9-5-4-8(17(19)20)7-11(9)22-13(14)15/h2-7,13H,1H3. The molecule has 0 N–H and O–H groups in total. The van der Waals surface area contributed by atoms with Crippen molar-refractivity contribution in [3.63, 3.8) is 0 Å². The first-order chi connectivity index (χ1) is 10.4. The van der Waals surface area contributed by atoms with Gasteiger partial charge in [-0.15, -0.1) is 0 Å². The first-order valence-electron chi connectivity index (χ1n) is 5.93. The number of alkyl halides is 2. The van der Waals surface area contributed by atoms with E-state index in [1.165, 1.54) is 25.4 Å². The molecule has 0 amide bonds. The summed E-state index contributed by atoms with van der Waals surface area (Å²) in [6.45, 7) is -3.19. The summed E-state index contributed by atoms with van der Waals surface area (Å²) in [5.74, 6) is -0.497. The Balaban J connectivity index is 2.64. The second-order valence-electron chi connectivity index (χ2n) is 4.04. The lowest BCUT2D eigenvalue weighted by atomic mass is 10.2. The molecule has 0 radical (unpaired) electrons. The number of aromatic nitrogens is 1. The molecule has 7 nitrogen and oxygen atoms in total. The Morgan fingerprint density at radius 2 is 2.00 bits per heavy atom. The number of halogens is 2. The van der Waals surface area contributed by atoms with Crippen molar-refractivity contribution >= 4 is 5.69 Å². The number of benzene rings is 1. The van der Waals surface area contributed by atoms with Crippen LogP contribution in [0.4, 0.5) is 14.5 Å². The fourth-order valence-corrected chi connectivity index (χ4v) is 1.83. The van der Waals surface area contributed by atoms with Gasteiger partial charge in [-0.1, -0.05) is 0 Å². The van der Waals surface area contributed by atoms with Gasteiger partial charge in [0, 0.05) is 12.3 Å². The quantitative estimate of drug-likeness (QED) is 0.625. The lowest BCUT2D eigenvalue weighted by Gasteiger charge is -2.13. The summed E-state index contributed by atoms with van der Waals surface area (Å²) in [6, 6.07) is 5.93. The van der Waals surface area contributed by atoms with Gasteiger partial charge in [0.15, 0.2) is 11.5 Å². The van der Waals surface area contributed by atoms with Crippen molar-refractivity contribution < 1.29 is 23.2 Å². The number of non-ortho nitro benzene ring substituents is 1. The Morgan fingerprint density at radius 1 is 1.27 bits per heavy atom. The van der Waals surface area contributed by atoms with Gasteiger partial charge in [-0.05, 0) is 18.2 Å². The van der Waals surface area contributed by atoms with E-state index in [4.69, 9.17) is 4.74 Å². The van der Waals surface area contributed by atoms with Gasteiger partial charge in [-0.2, -0.15) is 8.78 Å². The fraction of sp³-hybridized carbons (Fsp3) is 0.154. The SMILES string of the molecule is COc1cccn(-c2ccc([N+](=O)[O-])cc2OC(F)F)c1=O. The van der Waals surface area contributed by atoms with E-state index < -0.39 is 28.5 Å². The maximum absolute atomic E-state index is 12.5. The molecule has 0 unspecified atom stereocenters. The van der Waals surface area contributed by atoms with E-state index in [9.17, 15) is 23.7 Å². The normalized spacial score (nSPS) is 10.5. The van der Waals surface area contributed by atoms with E-state index in [0.29, 0.717) is 0 Å². The number of rotatable bonds is 5. The molecule has 0 spiro atoms. The Labute approximate surface area is 122 Å². The van der Waals surface area contributed by atoms with Gasteiger partial charge in [0.25, 0.3) is 11.2 Å². The second kappa shape index (κ2) is 6.20. The second-order valence-corrected chi connectivity index (χ2v) is 4.04. The number of pyridine rings is 1. The van der Waals surface area contributed by atoms with Crippen LogP contribution >= 0.6 is 0 Å². The highest BCUT2D eigenvalue weighted by molar-refractivity contribution is 5.53. The van der Waals surface area contributed by atoms with Crippen molar-refractivity contribution in [3.05, 3.63) is 57.0 Å². The molecule has 1 heterocycles. The Kier molecular flexibility index (Phi) is 4.35. The number of nitrogens with zero attached hydrogens (tertiary/aromatic N) is 2. The minimum absolute atomic E-state index is 0.0103. The highest BCUT2D eigenvalue weighted by Gasteiger charge is 2.18. The summed E-state index contributed by atoms with van der Waals surface area (Å²) in [4.78, 5) is 22.1. The molecular formula is C13H10F2N2O5. The van der Waals surface area contributed by atoms with Crippen LogP contribution in [0.15, 0.2) is 41.3 Å². The van der Waals surface area contributed by atoms with Gasteiger partial charge in [0.1, 0.15) is 0 Å². The molecule has 116 valence electrons. The van der Waals surface area contributed by atoms with E-state index in [0.717, 1.165) is 22.8 Å².